The van der Waals surface area contributed by atoms with E-state index in [-0.39, 0.29) is 5.25 Å². The van der Waals surface area contributed by atoms with Crippen LogP contribution in [0.5, 0.6) is 0 Å². The van der Waals surface area contributed by atoms with Crippen molar-refractivity contribution in [2.75, 3.05) is 0 Å². The summed E-state index contributed by atoms with van der Waals surface area (Å²) in [6.45, 7) is 7.84. The Kier molecular flexibility index (Phi) is 5.06. The predicted molar refractivity (Wildman–Crippen MR) is 53.6 cm³/mol. The zero-order chi connectivity index (χ0) is 9.72. The maximum absolute atomic E-state index is 10.4. The second-order valence-corrected chi connectivity index (χ2v) is 5.00. The molecule has 0 spiro atoms. The van der Waals surface area contributed by atoms with E-state index in [4.69, 9.17) is 5.11 Å². The van der Waals surface area contributed by atoms with E-state index < -0.39 is 5.97 Å². The minimum atomic E-state index is -0.828. The minimum absolute atomic E-state index is 0.279. The van der Waals surface area contributed by atoms with Crippen LogP contribution < -0.4 is 0 Å². The molecule has 0 aromatic rings. The van der Waals surface area contributed by atoms with E-state index in [9.17, 15) is 4.79 Å². The van der Waals surface area contributed by atoms with Crippen LogP contribution in [0.1, 0.15) is 27.7 Å². The van der Waals surface area contributed by atoms with Crippen molar-refractivity contribution in [3.63, 3.8) is 0 Å². The number of thioether (sulfide) groups is 1. The van der Waals surface area contributed by atoms with Gasteiger partial charge < -0.3 is 5.11 Å². The summed E-state index contributed by atoms with van der Waals surface area (Å²) in [5, 5.41) is 9.41. The molecule has 12 heavy (non-hydrogen) atoms. The number of aliphatic carboxylic acids is 1. The van der Waals surface area contributed by atoms with Gasteiger partial charge in [0, 0.05) is 10.8 Å². The second-order valence-electron chi connectivity index (χ2n) is 3.04. The van der Waals surface area contributed by atoms with Crippen LogP contribution in [0.2, 0.25) is 0 Å². The molecule has 1 atom stereocenters. The first kappa shape index (κ1) is 11.6. The topological polar surface area (TPSA) is 37.3 Å². The number of carboxylic acid groups (broad SMARTS) is 1. The van der Waals surface area contributed by atoms with Gasteiger partial charge in [0.05, 0.1) is 0 Å². The fraction of sp³-hybridized carbons (Fsp3) is 0.667. The van der Waals surface area contributed by atoms with Gasteiger partial charge in [-0.25, -0.2) is 4.79 Å². The molecule has 0 aliphatic rings. The third-order valence-electron chi connectivity index (χ3n) is 1.31. The fourth-order valence-corrected chi connectivity index (χ4v) is 2.03. The standard InChI is InChI=1S/C9H16O2S/c1-6(2)12-8(4)5-7(3)9(10)11/h5-6,8H,1-4H3,(H,10,11). The van der Waals surface area contributed by atoms with Crippen molar-refractivity contribution in [3.8, 4) is 0 Å². The molecule has 0 saturated carbocycles. The molecule has 0 aromatic carbocycles. The lowest BCUT2D eigenvalue weighted by Crippen LogP contribution is -2.03. The van der Waals surface area contributed by atoms with E-state index in [1.807, 2.05) is 6.92 Å². The lowest BCUT2D eigenvalue weighted by atomic mass is 10.2. The van der Waals surface area contributed by atoms with E-state index >= 15 is 0 Å². The van der Waals surface area contributed by atoms with Crippen LogP contribution in [0.3, 0.4) is 0 Å². The largest absolute Gasteiger partial charge is 0.478 e. The summed E-state index contributed by atoms with van der Waals surface area (Å²) in [5.41, 5.74) is 0.427. The Balaban J connectivity index is 4.05. The smallest absolute Gasteiger partial charge is 0.330 e. The second kappa shape index (κ2) is 5.25. The average molecular weight is 188 g/mol. The maximum atomic E-state index is 10.4. The van der Waals surface area contributed by atoms with Crippen LogP contribution in [-0.2, 0) is 4.79 Å². The predicted octanol–water partition coefficient (Wildman–Crippen LogP) is 2.55. The van der Waals surface area contributed by atoms with Crippen LogP contribution in [0, 0.1) is 0 Å². The van der Waals surface area contributed by atoms with E-state index in [1.165, 1.54) is 0 Å². The quantitative estimate of drug-likeness (QED) is 0.689. The Morgan fingerprint density at radius 1 is 1.42 bits per heavy atom. The molecular weight excluding hydrogens is 172 g/mol. The van der Waals surface area contributed by atoms with Crippen molar-refractivity contribution in [2.45, 2.75) is 38.2 Å². The number of carboxylic acids is 1. The highest BCUT2D eigenvalue weighted by Gasteiger charge is 2.05. The van der Waals surface area contributed by atoms with Crippen molar-refractivity contribution < 1.29 is 9.90 Å². The van der Waals surface area contributed by atoms with Gasteiger partial charge in [0.15, 0.2) is 0 Å². The summed E-state index contributed by atoms with van der Waals surface area (Å²) in [6, 6.07) is 0. The summed E-state index contributed by atoms with van der Waals surface area (Å²) in [7, 11) is 0. The first-order valence-corrected chi connectivity index (χ1v) is 4.95. The lowest BCUT2D eigenvalue weighted by Gasteiger charge is -2.09. The van der Waals surface area contributed by atoms with Crippen molar-refractivity contribution in [3.05, 3.63) is 11.6 Å². The molecule has 1 unspecified atom stereocenters. The number of rotatable bonds is 4. The molecule has 3 heteroatoms. The fourth-order valence-electron chi connectivity index (χ4n) is 0.892. The van der Waals surface area contributed by atoms with Gasteiger partial charge >= 0.3 is 5.97 Å². The molecule has 0 aliphatic heterocycles. The summed E-state index contributed by atoms with van der Waals surface area (Å²) in [4.78, 5) is 10.4. The third kappa shape index (κ3) is 5.24. The van der Waals surface area contributed by atoms with Gasteiger partial charge in [-0.3, -0.25) is 0 Å². The van der Waals surface area contributed by atoms with Crippen LogP contribution in [0.15, 0.2) is 11.6 Å². The number of hydrogen-bond donors (Lipinski definition) is 1. The molecule has 0 bridgehead atoms. The van der Waals surface area contributed by atoms with Crippen LogP contribution >= 0.6 is 11.8 Å². The summed E-state index contributed by atoms with van der Waals surface area (Å²) in [5.74, 6) is -0.828. The van der Waals surface area contributed by atoms with Crippen LogP contribution in [0.25, 0.3) is 0 Å². The molecule has 0 aromatic heterocycles. The van der Waals surface area contributed by atoms with Crippen LogP contribution in [0.4, 0.5) is 0 Å². The van der Waals surface area contributed by atoms with Crippen molar-refractivity contribution in [1.29, 1.82) is 0 Å². The summed E-state index contributed by atoms with van der Waals surface area (Å²) < 4.78 is 0. The van der Waals surface area contributed by atoms with Crippen molar-refractivity contribution >= 4 is 17.7 Å². The average Bonchev–Trinajstić information content (AvgIpc) is 1.84. The Morgan fingerprint density at radius 2 is 1.92 bits per heavy atom. The van der Waals surface area contributed by atoms with Gasteiger partial charge in [-0.1, -0.05) is 19.9 Å². The monoisotopic (exact) mass is 188 g/mol. The maximum Gasteiger partial charge on any atom is 0.330 e. The zero-order valence-electron chi connectivity index (χ0n) is 8.00. The summed E-state index contributed by atoms with van der Waals surface area (Å²) >= 11 is 1.76. The Labute approximate surface area is 78.0 Å². The van der Waals surface area contributed by atoms with Gasteiger partial charge in [0.25, 0.3) is 0 Å². The highest BCUT2D eigenvalue weighted by atomic mass is 32.2. The molecule has 0 radical (unpaired) electrons. The van der Waals surface area contributed by atoms with Gasteiger partial charge in [0.2, 0.25) is 0 Å². The van der Waals surface area contributed by atoms with Crippen LogP contribution in [-0.4, -0.2) is 21.6 Å². The lowest BCUT2D eigenvalue weighted by molar-refractivity contribution is -0.132. The number of carbonyl (C=O) groups is 1. The zero-order valence-corrected chi connectivity index (χ0v) is 8.81. The highest BCUT2D eigenvalue weighted by Crippen LogP contribution is 2.18. The summed E-state index contributed by atoms with van der Waals surface area (Å²) in [6.07, 6.45) is 1.78. The third-order valence-corrected chi connectivity index (χ3v) is 2.42. The SMILES string of the molecule is CC(=CC(C)SC(C)C)C(=O)O. The molecule has 2 nitrogen and oxygen atoms in total. The number of hydrogen-bond acceptors (Lipinski definition) is 2. The molecular formula is C9H16O2S. The van der Waals surface area contributed by atoms with Crippen molar-refractivity contribution in [2.24, 2.45) is 0 Å². The first-order valence-electron chi connectivity index (χ1n) is 4.00. The van der Waals surface area contributed by atoms with E-state index in [0.29, 0.717) is 10.8 Å². The van der Waals surface area contributed by atoms with Gasteiger partial charge in [-0.2, -0.15) is 11.8 Å². The van der Waals surface area contributed by atoms with Gasteiger partial charge in [-0.05, 0) is 19.1 Å². The molecule has 0 fully saturated rings. The Bertz CT molecular complexity index is 185. The van der Waals surface area contributed by atoms with Gasteiger partial charge in [0.1, 0.15) is 0 Å². The molecule has 0 saturated heterocycles. The van der Waals surface area contributed by atoms with E-state index in [2.05, 4.69) is 13.8 Å². The first-order chi connectivity index (χ1) is 5.43. The normalized spacial score (nSPS) is 14.9. The molecule has 70 valence electrons. The van der Waals surface area contributed by atoms with Crippen molar-refractivity contribution in [1.82, 2.24) is 0 Å². The highest BCUT2D eigenvalue weighted by molar-refractivity contribution is 8.00. The van der Waals surface area contributed by atoms with Gasteiger partial charge in [-0.15, -0.1) is 0 Å². The Morgan fingerprint density at radius 3 is 2.25 bits per heavy atom. The molecule has 0 rings (SSSR count). The Hall–Kier alpha value is -0.440. The van der Waals surface area contributed by atoms with E-state index in [0.717, 1.165) is 0 Å². The van der Waals surface area contributed by atoms with E-state index in [1.54, 1.807) is 24.8 Å². The molecule has 0 amide bonds. The molecule has 1 N–H and O–H groups in total. The minimum Gasteiger partial charge on any atom is -0.478 e. The molecule has 0 aliphatic carbocycles. The molecule has 0 heterocycles.